The fraction of sp³-hybridized carbons (Fsp3) is 0.519. The number of fused-ring (bicyclic) bond motifs is 3. The van der Waals surface area contributed by atoms with Crippen molar-refractivity contribution in [2.24, 2.45) is 11.8 Å². The first kappa shape index (κ1) is 17.7. The average Bonchev–Trinajstić information content (AvgIpc) is 3.22. The van der Waals surface area contributed by atoms with Crippen LogP contribution in [-0.4, -0.2) is 17.0 Å². The van der Waals surface area contributed by atoms with E-state index >= 15 is 0 Å². The number of carbonyl (C=O) groups excluding carboxylic acids is 1. The number of carbonyl (C=O) groups is 1. The third kappa shape index (κ3) is 2.32. The standard InChI is InChI=1S/C27H28O2/c1-3-13-26-14-12-24-22-10-8-19-15-20(28)9-11-21(19)25(22)23(16-27(24,26)29-26)18-6-4-17(2)5-7-18/h4-7,15,22-24H,8-12,14,16H2,1-2H3/t22-,23+,24?,26-,27+/m0/s1. The Kier molecular flexibility index (Phi) is 3.64. The van der Waals surface area contributed by atoms with Crippen molar-refractivity contribution in [3.63, 3.8) is 0 Å². The third-order valence-electron chi connectivity index (χ3n) is 8.40. The van der Waals surface area contributed by atoms with Gasteiger partial charge >= 0.3 is 0 Å². The summed E-state index contributed by atoms with van der Waals surface area (Å²) in [5, 5.41) is 0. The van der Waals surface area contributed by atoms with Crippen molar-refractivity contribution in [1.82, 2.24) is 0 Å². The number of benzene rings is 1. The van der Waals surface area contributed by atoms with Gasteiger partial charge in [-0.15, -0.1) is 5.92 Å². The molecule has 1 unspecified atom stereocenters. The van der Waals surface area contributed by atoms with Crippen LogP contribution in [0.4, 0.5) is 0 Å². The van der Waals surface area contributed by atoms with E-state index < -0.39 is 0 Å². The van der Waals surface area contributed by atoms with E-state index in [1.165, 1.54) is 28.7 Å². The van der Waals surface area contributed by atoms with Gasteiger partial charge in [0, 0.05) is 12.3 Å². The molecule has 1 aliphatic heterocycles. The van der Waals surface area contributed by atoms with E-state index in [1.54, 1.807) is 5.57 Å². The molecule has 0 bridgehead atoms. The van der Waals surface area contributed by atoms with Crippen LogP contribution < -0.4 is 0 Å². The van der Waals surface area contributed by atoms with Crippen molar-refractivity contribution in [3.8, 4) is 11.8 Å². The number of allylic oxidation sites excluding steroid dienone is 4. The van der Waals surface area contributed by atoms with E-state index in [-0.39, 0.29) is 11.2 Å². The van der Waals surface area contributed by atoms with Crippen LogP contribution >= 0.6 is 0 Å². The summed E-state index contributed by atoms with van der Waals surface area (Å²) in [4.78, 5) is 12.1. The first-order chi connectivity index (χ1) is 14.1. The molecule has 5 aliphatic rings. The van der Waals surface area contributed by atoms with Gasteiger partial charge < -0.3 is 4.74 Å². The molecule has 1 aromatic carbocycles. The largest absolute Gasteiger partial charge is 0.348 e. The number of aryl methyl sites for hydroxylation is 1. The molecule has 29 heavy (non-hydrogen) atoms. The van der Waals surface area contributed by atoms with E-state index in [9.17, 15) is 4.79 Å². The summed E-state index contributed by atoms with van der Waals surface area (Å²) in [5.41, 5.74) is 6.96. The van der Waals surface area contributed by atoms with Gasteiger partial charge in [-0.2, -0.15) is 0 Å². The zero-order chi connectivity index (χ0) is 19.8. The highest BCUT2D eigenvalue weighted by molar-refractivity contribution is 5.93. The maximum Gasteiger partial charge on any atom is 0.158 e. The summed E-state index contributed by atoms with van der Waals surface area (Å²) in [5.74, 6) is 8.52. The van der Waals surface area contributed by atoms with Crippen LogP contribution in [0.25, 0.3) is 0 Å². The van der Waals surface area contributed by atoms with Gasteiger partial charge in [0.1, 0.15) is 5.60 Å². The SMILES string of the molecule is CC#C[C@]12CCC3[C@@H]4CCC5=CC(=O)CCC5=C4[C@@H](c4ccc(C)cc4)C[C@@]31O2. The molecule has 148 valence electrons. The van der Waals surface area contributed by atoms with Crippen LogP contribution in [-0.2, 0) is 9.53 Å². The second-order valence-electron chi connectivity index (χ2n) is 9.72. The highest BCUT2D eigenvalue weighted by Gasteiger charge is 2.79. The van der Waals surface area contributed by atoms with Crippen LogP contribution in [0.3, 0.4) is 0 Å². The lowest BCUT2D eigenvalue weighted by Gasteiger charge is -2.46. The monoisotopic (exact) mass is 384 g/mol. The normalized spacial score (nSPS) is 39.4. The summed E-state index contributed by atoms with van der Waals surface area (Å²) in [6.45, 7) is 4.10. The molecule has 5 atom stereocenters. The van der Waals surface area contributed by atoms with Crippen molar-refractivity contribution < 1.29 is 9.53 Å². The van der Waals surface area contributed by atoms with E-state index in [1.807, 2.05) is 13.0 Å². The van der Waals surface area contributed by atoms with Gasteiger partial charge in [0.2, 0.25) is 0 Å². The molecule has 6 rings (SSSR count). The Morgan fingerprint density at radius 3 is 2.72 bits per heavy atom. The minimum absolute atomic E-state index is 0.0496. The van der Waals surface area contributed by atoms with E-state index in [0.717, 1.165) is 32.1 Å². The van der Waals surface area contributed by atoms with Gasteiger partial charge in [0.05, 0.1) is 0 Å². The number of hydrogen-bond acceptors (Lipinski definition) is 2. The lowest BCUT2D eigenvalue weighted by molar-refractivity contribution is -0.114. The highest BCUT2D eigenvalue weighted by Crippen LogP contribution is 2.73. The van der Waals surface area contributed by atoms with Crippen LogP contribution in [0.2, 0.25) is 0 Å². The summed E-state index contributed by atoms with van der Waals surface area (Å²) >= 11 is 0. The number of hydrogen-bond donors (Lipinski definition) is 0. The molecule has 1 heterocycles. The molecule has 2 nitrogen and oxygen atoms in total. The molecule has 2 heteroatoms. The summed E-state index contributed by atoms with van der Waals surface area (Å²) in [6, 6.07) is 9.12. The Morgan fingerprint density at radius 1 is 1.10 bits per heavy atom. The number of rotatable bonds is 1. The lowest BCUT2D eigenvalue weighted by Crippen LogP contribution is -2.42. The van der Waals surface area contributed by atoms with Gasteiger partial charge in [-0.3, -0.25) is 4.79 Å². The first-order valence-corrected chi connectivity index (χ1v) is 11.2. The molecule has 4 aliphatic carbocycles. The van der Waals surface area contributed by atoms with Gasteiger partial charge in [-0.25, -0.2) is 0 Å². The Morgan fingerprint density at radius 2 is 1.93 bits per heavy atom. The first-order valence-electron chi connectivity index (χ1n) is 11.2. The smallest absolute Gasteiger partial charge is 0.158 e. The fourth-order valence-electron chi connectivity index (χ4n) is 7.20. The Labute approximate surface area is 173 Å². The summed E-state index contributed by atoms with van der Waals surface area (Å²) in [7, 11) is 0. The highest BCUT2D eigenvalue weighted by atomic mass is 16.6. The van der Waals surface area contributed by atoms with Crippen molar-refractivity contribution in [2.75, 3.05) is 0 Å². The molecular formula is C27H28O2. The van der Waals surface area contributed by atoms with Gasteiger partial charge in [0.15, 0.2) is 11.4 Å². The number of ketones is 1. The number of ether oxygens (including phenoxy) is 1. The van der Waals surface area contributed by atoms with Crippen molar-refractivity contribution >= 4 is 5.78 Å². The molecule has 1 spiro atoms. The second-order valence-corrected chi connectivity index (χ2v) is 9.72. The Balaban J connectivity index is 1.52. The molecule has 2 saturated carbocycles. The fourth-order valence-corrected chi connectivity index (χ4v) is 7.20. The van der Waals surface area contributed by atoms with Crippen LogP contribution in [0.5, 0.6) is 0 Å². The van der Waals surface area contributed by atoms with Crippen LogP contribution in [0.1, 0.15) is 68.9 Å². The van der Waals surface area contributed by atoms with E-state index in [4.69, 9.17) is 4.74 Å². The van der Waals surface area contributed by atoms with Crippen LogP contribution in [0.15, 0.2) is 47.1 Å². The minimum atomic E-state index is -0.190. The quantitative estimate of drug-likeness (QED) is 0.478. The molecule has 0 radical (unpaired) electrons. The van der Waals surface area contributed by atoms with Gasteiger partial charge in [-0.05, 0) is 87.0 Å². The second kappa shape index (κ2) is 5.96. The van der Waals surface area contributed by atoms with Gasteiger partial charge in [0.25, 0.3) is 0 Å². The zero-order valence-corrected chi connectivity index (χ0v) is 17.4. The molecular weight excluding hydrogens is 356 g/mol. The lowest BCUT2D eigenvalue weighted by atomic mass is 9.57. The van der Waals surface area contributed by atoms with Crippen molar-refractivity contribution in [1.29, 1.82) is 0 Å². The molecule has 0 N–H and O–H groups in total. The summed E-state index contributed by atoms with van der Waals surface area (Å²) in [6.07, 6.45) is 9.13. The predicted molar refractivity (Wildman–Crippen MR) is 113 cm³/mol. The van der Waals surface area contributed by atoms with Crippen molar-refractivity contribution in [2.45, 2.75) is 75.9 Å². The molecule has 0 amide bonds. The molecule has 0 aromatic heterocycles. The Bertz CT molecular complexity index is 1030. The van der Waals surface area contributed by atoms with Crippen molar-refractivity contribution in [3.05, 3.63) is 58.2 Å². The third-order valence-corrected chi connectivity index (χ3v) is 8.40. The zero-order valence-electron chi connectivity index (χ0n) is 17.4. The topological polar surface area (TPSA) is 29.6 Å². The molecule has 1 saturated heterocycles. The maximum atomic E-state index is 12.1. The maximum absolute atomic E-state index is 12.1. The van der Waals surface area contributed by atoms with E-state index in [0.29, 0.717) is 30.0 Å². The summed E-state index contributed by atoms with van der Waals surface area (Å²) < 4.78 is 6.59. The predicted octanol–water partition coefficient (Wildman–Crippen LogP) is 5.42. The minimum Gasteiger partial charge on any atom is -0.348 e. The van der Waals surface area contributed by atoms with Crippen LogP contribution in [0, 0.1) is 30.6 Å². The van der Waals surface area contributed by atoms with Gasteiger partial charge in [-0.1, -0.05) is 41.3 Å². The average molecular weight is 385 g/mol. The molecule has 1 aromatic rings. The van der Waals surface area contributed by atoms with E-state index in [2.05, 4.69) is 43.0 Å². The number of epoxide rings is 1. The Hall–Kier alpha value is -2.11. The molecule has 3 fully saturated rings.